The van der Waals surface area contributed by atoms with Crippen molar-refractivity contribution in [3.05, 3.63) is 30.2 Å². The van der Waals surface area contributed by atoms with E-state index in [9.17, 15) is 0 Å². The molecule has 2 aromatic rings. The van der Waals surface area contributed by atoms with E-state index in [1.807, 2.05) is 12.1 Å². The monoisotopic (exact) mass is 190 g/mol. The summed E-state index contributed by atoms with van der Waals surface area (Å²) < 4.78 is 5.41. The summed E-state index contributed by atoms with van der Waals surface area (Å²) in [6, 6.07) is 3.81. The van der Waals surface area contributed by atoms with E-state index >= 15 is 0 Å². The van der Waals surface area contributed by atoms with Gasteiger partial charge in [0.1, 0.15) is 5.52 Å². The summed E-state index contributed by atoms with van der Waals surface area (Å²) in [6.45, 7) is 2.84. The molecule has 0 aliphatic carbocycles. The number of nitrogens with two attached hydrogens (primary N) is 1. The molecule has 0 aromatic carbocycles. The van der Waals surface area contributed by atoms with Gasteiger partial charge in [-0.1, -0.05) is 6.92 Å². The molecule has 0 spiro atoms. The molecule has 2 heterocycles. The van der Waals surface area contributed by atoms with E-state index in [0.717, 1.165) is 23.1 Å². The van der Waals surface area contributed by atoms with Crippen molar-refractivity contribution in [2.24, 2.45) is 5.73 Å². The lowest BCUT2D eigenvalue weighted by Crippen LogP contribution is -2.04. The van der Waals surface area contributed by atoms with Crippen molar-refractivity contribution in [3.63, 3.8) is 0 Å². The van der Waals surface area contributed by atoms with Crippen LogP contribution in [-0.2, 0) is 0 Å². The maximum Gasteiger partial charge on any atom is 0.152 e. The normalized spacial score (nSPS) is 13.3. The standard InChI is InChI=1S/C11H14N2O/c1-8(4-5-12)9-7-14-10-3-2-6-13-11(9)10/h2-3,6-8H,4-5,12H2,1H3. The number of pyridine rings is 1. The summed E-state index contributed by atoms with van der Waals surface area (Å²) in [7, 11) is 0. The van der Waals surface area contributed by atoms with Crippen LogP contribution in [0.5, 0.6) is 0 Å². The maximum absolute atomic E-state index is 5.53. The molecule has 14 heavy (non-hydrogen) atoms. The maximum atomic E-state index is 5.53. The summed E-state index contributed by atoms with van der Waals surface area (Å²) in [5, 5.41) is 0. The zero-order chi connectivity index (χ0) is 9.97. The minimum Gasteiger partial charge on any atom is -0.462 e. The second-order valence-corrected chi connectivity index (χ2v) is 3.52. The molecular formula is C11H14N2O. The van der Waals surface area contributed by atoms with Crippen molar-refractivity contribution in [2.75, 3.05) is 6.54 Å². The first kappa shape index (κ1) is 9.21. The fourth-order valence-corrected chi connectivity index (χ4v) is 1.64. The molecule has 0 radical (unpaired) electrons. The van der Waals surface area contributed by atoms with Crippen molar-refractivity contribution < 1.29 is 4.42 Å². The minimum absolute atomic E-state index is 0.413. The number of hydrogen-bond acceptors (Lipinski definition) is 3. The molecule has 0 saturated carbocycles. The van der Waals surface area contributed by atoms with Crippen LogP contribution in [0.3, 0.4) is 0 Å². The minimum atomic E-state index is 0.413. The zero-order valence-electron chi connectivity index (χ0n) is 8.23. The smallest absolute Gasteiger partial charge is 0.152 e. The van der Waals surface area contributed by atoms with Gasteiger partial charge in [0.2, 0.25) is 0 Å². The fourth-order valence-electron chi connectivity index (χ4n) is 1.64. The highest BCUT2D eigenvalue weighted by Crippen LogP contribution is 2.27. The molecule has 2 rings (SSSR count). The van der Waals surface area contributed by atoms with Gasteiger partial charge in [0.05, 0.1) is 6.26 Å². The number of aromatic nitrogens is 1. The lowest BCUT2D eigenvalue weighted by molar-refractivity contribution is 0.597. The fraction of sp³-hybridized carbons (Fsp3) is 0.364. The Bertz CT molecular complexity index is 422. The van der Waals surface area contributed by atoms with Crippen LogP contribution in [0.1, 0.15) is 24.8 Å². The highest BCUT2D eigenvalue weighted by Gasteiger charge is 2.12. The topological polar surface area (TPSA) is 52.0 Å². The lowest BCUT2D eigenvalue weighted by Gasteiger charge is -2.06. The third-order valence-electron chi connectivity index (χ3n) is 2.49. The average molecular weight is 190 g/mol. The molecule has 74 valence electrons. The Labute approximate surface area is 82.9 Å². The lowest BCUT2D eigenvalue weighted by atomic mass is 10.00. The number of nitrogens with zero attached hydrogens (tertiary/aromatic N) is 1. The Hall–Kier alpha value is -1.35. The van der Waals surface area contributed by atoms with E-state index in [0.29, 0.717) is 12.5 Å². The largest absolute Gasteiger partial charge is 0.462 e. The Kier molecular flexibility index (Phi) is 2.50. The molecule has 2 N–H and O–H groups in total. The van der Waals surface area contributed by atoms with Crippen molar-refractivity contribution >= 4 is 11.1 Å². The van der Waals surface area contributed by atoms with Gasteiger partial charge in [-0.15, -0.1) is 0 Å². The van der Waals surface area contributed by atoms with E-state index in [2.05, 4.69) is 11.9 Å². The van der Waals surface area contributed by atoms with Gasteiger partial charge in [-0.05, 0) is 31.0 Å². The van der Waals surface area contributed by atoms with E-state index in [1.165, 1.54) is 0 Å². The van der Waals surface area contributed by atoms with E-state index < -0.39 is 0 Å². The SMILES string of the molecule is CC(CCN)c1coc2cccnc12. The van der Waals surface area contributed by atoms with Crippen LogP contribution >= 0.6 is 0 Å². The van der Waals surface area contributed by atoms with Crippen LogP contribution in [0.25, 0.3) is 11.1 Å². The third kappa shape index (κ3) is 1.51. The first-order valence-corrected chi connectivity index (χ1v) is 4.85. The molecular weight excluding hydrogens is 176 g/mol. The molecule has 2 aromatic heterocycles. The summed E-state index contributed by atoms with van der Waals surface area (Å²) in [5.74, 6) is 0.413. The summed E-state index contributed by atoms with van der Waals surface area (Å²) in [5.41, 5.74) is 8.51. The van der Waals surface area contributed by atoms with Crippen LogP contribution in [0.2, 0.25) is 0 Å². The van der Waals surface area contributed by atoms with E-state index in [1.54, 1.807) is 12.5 Å². The Morgan fingerprint density at radius 3 is 3.21 bits per heavy atom. The number of fused-ring (bicyclic) bond motifs is 1. The molecule has 1 atom stereocenters. The first-order chi connectivity index (χ1) is 6.83. The Morgan fingerprint density at radius 2 is 2.43 bits per heavy atom. The predicted molar refractivity (Wildman–Crippen MR) is 56.1 cm³/mol. The van der Waals surface area contributed by atoms with Crippen LogP contribution in [-0.4, -0.2) is 11.5 Å². The number of rotatable bonds is 3. The molecule has 0 fully saturated rings. The van der Waals surface area contributed by atoms with Gasteiger partial charge < -0.3 is 10.2 Å². The van der Waals surface area contributed by atoms with Crippen molar-refractivity contribution in [1.29, 1.82) is 0 Å². The molecule has 3 nitrogen and oxygen atoms in total. The Morgan fingerprint density at radius 1 is 1.57 bits per heavy atom. The van der Waals surface area contributed by atoms with Gasteiger partial charge in [0.25, 0.3) is 0 Å². The quantitative estimate of drug-likeness (QED) is 0.807. The number of hydrogen-bond donors (Lipinski definition) is 1. The van der Waals surface area contributed by atoms with E-state index in [-0.39, 0.29) is 0 Å². The van der Waals surface area contributed by atoms with Crippen molar-refractivity contribution in [1.82, 2.24) is 4.98 Å². The molecule has 0 aliphatic rings. The van der Waals surface area contributed by atoms with Gasteiger partial charge in [-0.2, -0.15) is 0 Å². The van der Waals surface area contributed by atoms with Crippen molar-refractivity contribution in [2.45, 2.75) is 19.3 Å². The summed E-state index contributed by atoms with van der Waals surface area (Å²) in [4.78, 5) is 4.31. The molecule has 0 amide bonds. The van der Waals surface area contributed by atoms with Gasteiger partial charge >= 0.3 is 0 Å². The molecule has 0 saturated heterocycles. The second kappa shape index (κ2) is 3.80. The molecule has 3 heteroatoms. The van der Waals surface area contributed by atoms with Crippen molar-refractivity contribution in [3.8, 4) is 0 Å². The van der Waals surface area contributed by atoms with Crippen LogP contribution in [0.4, 0.5) is 0 Å². The summed E-state index contributed by atoms with van der Waals surface area (Å²) >= 11 is 0. The van der Waals surface area contributed by atoms with E-state index in [4.69, 9.17) is 10.2 Å². The molecule has 1 unspecified atom stereocenters. The van der Waals surface area contributed by atoms with Gasteiger partial charge in [-0.25, -0.2) is 0 Å². The van der Waals surface area contributed by atoms with Crippen LogP contribution < -0.4 is 5.73 Å². The molecule has 0 bridgehead atoms. The molecule has 0 aliphatic heterocycles. The van der Waals surface area contributed by atoms with Crippen LogP contribution in [0, 0.1) is 0 Å². The second-order valence-electron chi connectivity index (χ2n) is 3.52. The number of furan rings is 1. The third-order valence-corrected chi connectivity index (χ3v) is 2.49. The van der Waals surface area contributed by atoms with Gasteiger partial charge in [-0.3, -0.25) is 4.98 Å². The first-order valence-electron chi connectivity index (χ1n) is 4.85. The predicted octanol–water partition coefficient (Wildman–Crippen LogP) is 2.28. The summed E-state index contributed by atoms with van der Waals surface area (Å²) in [6.07, 6.45) is 4.54. The van der Waals surface area contributed by atoms with Gasteiger partial charge in [0.15, 0.2) is 5.58 Å². The highest BCUT2D eigenvalue weighted by atomic mass is 16.3. The highest BCUT2D eigenvalue weighted by molar-refractivity contribution is 5.76. The Balaban J connectivity index is 2.42. The average Bonchev–Trinajstić information content (AvgIpc) is 2.61. The van der Waals surface area contributed by atoms with Crippen LogP contribution in [0.15, 0.2) is 29.0 Å². The zero-order valence-corrected chi connectivity index (χ0v) is 8.23. The van der Waals surface area contributed by atoms with Gasteiger partial charge in [0, 0.05) is 11.8 Å².